The fourth-order valence-corrected chi connectivity index (χ4v) is 1.25. The first kappa shape index (κ1) is 12.0. The lowest BCUT2D eigenvalue weighted by Gasteiger charge is -2.47. The Hall–Kier alpha value is 0. The van der Waals surface area contributed by atoms with Gasteiger partial charge in [-0.3, -0.25) is 0 Å². The van der Waals surface area contributed by atoms with Gasteiger partial charge in [0.1, 0.15) is 0 Å². The van der Waals surface area contributed by atoms with Crippen LogP contribution in [0.2, 0.25) is 0 Å². The van der Waals surface area contributed by atoms with E-state index in [-0.39, 0.29) is 0 Å². The summed E-state index contributed by atoms with van der Waals surface area (Å²) in [5.74, 6) is 3.02. The number of hydrogen-bond donors (Lipinski definition) is 0. The quantitative estimate of drug-likeness (QED) is 0.590. The van der Waals surface area contributed by atoms with Crippen molar-refractivity contribution in [1.29, 1.82) is 0 Å². The zero-order valence-electron chi connectivity index (χ0n) is 10.0. The summed E-state index contributed by atoms with van der Waals surface area (Å²) in [5, 5.41) is 0. The van der Waals surface area contributed by atoms with Crippen LogP contribution in [0.25, 0.3) is 0 Å². The van der Waals surface area contributed by atoms with Gasteiger partial charge in [-0.2, -0.15) is 0 Å². The van der Waals surface area contributed by atoms with E-state index in [1.54, 1.807) is 0 Å². The summed E-state index contributed by atoms with van der Waals surface area (Å²) in [6.07, 6.45) is 0. The third-order valence-electron chi connectivity index (χ3n) is 4.06. The first-order valence-corrected chi connectivity index (χ1v) is 4.75. The van der Waals surface area contributed by atoms with Gasteiger partial charge in [0, 0.05) is 0 Å². The minimum Gasteiger partial charge on any atom is -0.0588 e. The predicted molar refractivity (Wildman–Crippen MR) is 56.7 cm³/mol. The SMILES string of the molecule is C[C](C)C(C)(C)C(C)(C)[C](C)C. The Kier molecular flexibility index (Phi) is 3.40. The Morgan fingerprint density at radius 3 is 0.833 bits per heavy atom. The molecule has 0 heteroatoms. The minimum atomic E-state index is 0.297. The van der Waals surface area contributed by atoms with Crippen molar-refractivity contribution in [2.75, 3.05) is 0 Å². The fourth-order valence-electron chi connectivity index (χ4n) is 1.25. The van der Waals surface area contributed by atoms with Gasteiger partial charge in [-0.25, -0.2) is 0 Å². The average Bonchev–Trinajstić information content (AvgIpc) is 1.86. The third-order valence-corrected chi connectivity index (χ3v) is 4.06. The third kappa shape index (κ3) is 1.84. The Bertz CT molecular complexity index is 120. The van der Waals surface area contributed by atoms with Gasteiger partial charge in [0.15, 0.2) is 0 Å². The van der Waals surface area contributed by atoms with Crippen molar-refractivity contribution in [1.82, 2.24) is 0 Å². The molecule has 0 aliphatic carbocycles. The molecule has 0 spiro atoms. The second kappa shape index (κ2) is 3.40. The highest BCUT2D eigenvalue weighted by Gasteiger charge is 2.41. The van der Waals surface area contributed by atoms with Crippen LogP contribution >= 0.6 is 0 Å². The van der Waals surface area contributed by atoms with Gasteiger partial charge in [-0.05, 0) is 22.7 Å². The zero-order valence-corrected chi connectivity index (χ0v) is 10.0. The lowest BCUT2D eigenvalue weighted by Crippen LogP contribution is -2.39. The summed E-state index contributed by atoms with van der Waals surface area (Å²) in [6.45, 7) is 18.2. The molecule has 0 saturated carbocycles. The lowest BCUT2D eigenvalue weighted by molar-refractivity contribution is 0.144. The van der Waals surface area contributed by atoms with Crippen LogP contribution in [0, 0.1) is 22.7 Å². The van der Waals surface area contributed by atoms with Gasteiger partial charge in [-0.15, -0.1) is 0 Å². The van der Waals surface area contributed by atoms with E-state index in [9.17, 15) is 0 Å². The van der Waals surface area contributed by atoms with Crippen LogP contribution < -0.4 is 0 Å². The molecule has 0 aromatic carbocycles. The maximum absolute atomic E-state index is 2.33. The molecule has 0 N–H and O–H groups in total. The summed E-state index contributed by atoms with van der Waals surface area (Å²) >= 11 is 0. The Labute approximate surface area is 78.8 Å². The van der Waals surface area contributed by atoms with E-state index in [0.717, 1.165) is 0 Å². The number of hydrogen-bond acceptors (Lipinski definition) is 0. The van der Waals surface area contributed by atoms with Crippen molar-refractivity contribution in [3.8, 4) is 0 Å². The molecular weight excluding hydrogens is 144 g/mol. The van der Waals surface area contributed by atoms with Crippen LogP contribution in [0.3, 0.4) is 0 Å². The van der Waals surface area contributed by atoms with Crippen molar-refractivity contribution >= 4 is 0 Å². The highest BCUT2D eigenvalue weighted by molar-refractivity contribution is 5.12. The number of rotatable bonds is 3. The monoisotopic (exact) mass is 168 g/mol. The molecule has 0 aromatic rings. The Balaban J connectivity index is 4.75. The Morgan fingerprint density at radius 2 is 0.750 bits per heavy atom. The van der Waals surface area contributed by atoms with Crippen LogP contribution in [-0.2, 0) is 0 Å². The van der Waals surface area contributed by atoms with Crippen molar-refractivity contribution in [2.45, 2.75) is 55.4 Å². The van der Waals surface area contributed by atoms with Crippen molar-refractivity contribution in [3.63, 3.8) is 0 Å². The van der Waals surface area contributed by atoms with E-state index in [1.807, 2.05) is 0 Å². The van der Waals surface area contributed by atoms with Gasteiger partial charge in [0.2, 0.25) is 0 Å². The maximum Gasteiger partial charge on any atom is -0.0241 e. The van der Waals surface area contributed by atoms with Crippen molar-refractivity contribution in [3.05, 3.63) is 11.8 Å². The van der Waals surface area contributed by atoms with Crippen LogP contribution in [0.5, 0.6) is 0 Å². The molecule has 0 atom stereocenters. The summed E-state index contributed by atoms with van der Waals surface area (Å²) < 4.78 is 0. The van der Waals surface area contributed by atoms with Gasteiger partial charge < -0.3 is 0 Å². The van der Waals surface area contributed by atoms with Crippen molar-refractivity contribution < 1.29 is 0 Å². The van der Waals surface area contributed by atoms with E-state index in [0.29, 0.717) is 10.8 Å². The molecule has 0 heterocycles. The fraction of sp³-hybridized carbons (Fsp3) is 0.833. The van der Waals surface area contributed by atoms with Crippen molar-refractivity contribution in [2.24, 2.45) is 10.8 Å². The smallest absolute Gasteiger partial charge is 0.0241 e. The highest BCUT2D eigenvalue weighted by atomic mass is 14.5. The van der Waals surface area contributed by atoms with Gasteiger partial charge >= 0.3 is 0 Å². The largest absolute Gasteiger partial charge is 0.0588 e. The van der Waals surface area contributed by atoms with E-state index in [2.05, 4.69) is 55.4 Å². The molecule has 0 unspecified atom stereocenters. The molecule has 0 rings (SSSR count). The summed E-state index contributed by atoms with van der Waals surface area (Å²) in [5.41, 5.74) is 0.595. The molecule has 0 aromatic heterocycles. The van der Waals surface area contributed by atoms with Crippen LogP contribution in [0.15, 0.2) is 0 Å². The first-order valence-electron chi connectivity index (χ1n) is 4.75. The van der Waals surface area contributed by atoms with E-state index in [1.165, 1.54) is 11.8 Å². The molecule has 72 valence electrons. The zero-order chi connectivity index (χ0) is 10.2. The normalized spacial score (nSPS) is 14.5. The lowest BCUT2D eigenvalue weighted by atomic mass is 9.57. The topological polar surface area (TPSA) is 0 Å². The van der Waals surface area contributed by atoms with Crippen LogP contribution in [0.4, 0.5) is 0 Å². The van der Waals surface area contributed by atoms with Crippen LogP contribution in [0.1, 0.15) is 55.4 Å². The Morgan fingerprint density at radius 1 is 0.583 bits per heavy atom. The highest BCUT2D eigenvalue weighted by Crippen LogP contribution is 2.50. The molecule has 0 bridgehead atoms. The molecule has 0 saturated heterocycles. The van der Waals surface area contributed by atoms with Gasteiger partial charge in [0.05, 0.1) is 0 Å². The molecule has 12 heavy (non-hydrogen) atoms. The van der Waals surface area contributed by atoms with Gasteiger partial charge in [-0.1, -0.05) is 55.4 Å². The molecule has 2 radical (unpaired) electrons. The minimum absolute atomic E-state index is 0.297. The molecule has 0 fully saturated rings. The second-order valence-corrected chi connectivity index (χ2v) is 5.25. The first-order chi connectivity index (χ1) is 5.14. The molecular formula is C12H24. The molecule has 0 amide bonds. The predicted octanol–water partition coefficient (Wildman–Crippen LogP) is 4.27. The summed E-state index contributed by atoms with van der Waals surface area (Å²) in [4.78, 5) is 0. The average molecular weight is 168 g/mol. The van der Waals surface area contributed by atoms with E-state index < -0.39 is 0 Å². The molecule has 0 aliphatic rings. The molecule has 0 nitrogen and oxygen atoms in total. The van der Waals surface area contributed by atoms with E-state index in [4.69, 9.17) is 0 Å². The summed E-state index contributed by atoms with van der Waals surface area (Å²) in [6, 6.07) is 0. The maximum atomic E-state index is 2.33. The van der Waals surface area contributed by atoms with E-state index >= 15 is 0 Å². The molecule has 0 aliphatic heterocycles. The second-order valence-electron chi connectivity index (χ2n) is 5.25. The summed E-state index contributed by atoms with van der Waals surface area (Å²) in [7, 11) is 0. The van der Waals surface area contributed by atoms with Crippen LogP contribution in [-0.4, -0.2) is 0 Å². The van der Waals surface area contributed by atoms with Gasteiger partial charge in [0.25, 0.3) is 0 Å². The standard InChI is InChI=1S/C12H24/c1-9(2)11(5,6)12(7,8)10(3)4/h1-8H3.